The van der Waals surface area contributed by atoms with E-state index >= 15 is 0 Å². The van der Waals surface area contributed by atoms with Crippen molar-refractivity contribution in [1.29, 1.82) is 0 Å². The van der Waals surface area contributed by atoms with Gasteiger partial charge in [0.05, 0.1) is 11.7 Å². The lowest BCUT2D eigenvalue weighted by Crippen LogP contribution is -2.15. The molecule has 0 atom stereocenters. The van der Waals surface area contributed by atoms with Crippen molar-refractivity contribution in [2.45, 2.75) is 66.5 Å². The Morgan fingerprint density at radius 3 is 2.35 bits per heavy atom. The van der Waals surface area contributed by atoms with Crippen LogP contribution in [-0.2, 0) is 6.54 Å². The molecule has 0 fully saturated rings. The van der Waals surface area contributed by atoms with E-state index in [1.165, 1.54) is 23.4 Å². The molecule has 98 valence electrons. The molecule has 0 aliphatic rings. The molecule has 0 aromatic carbocycles. The number of hydrogen-bond acceptors (Lipinski definition) is 2. The minimum absolute atomic E-state index is 0.550. The predicted octanol–water partition coefficient (Wildman–Crippen LogP) is 3.36. The zero-order valence-corrected chi connectivity index (χ0v) is 12.0. The third-order valence-electron chi connectivity index (χ3n) is 3.49. The van der Waals surface area contributed by atoms with E-state index in [0.29, 0.717) is 6.04 Å². The highest BCUT2D eigenvalue weighted by molar-refractivity contribution is 5.24. The van der Waals surface area contributed by atoms with E-state index in [1.807, 2.05) is 0 Å². The van der Waals surface area contributed by atoms with Crippen LogP contribution in [0.3, 0.4) is 0 Å². The van der Waals surface area contributed by atoms with Crippen molar-refractivity contribution in [2.75, 3.05) is 6.54 Å². The van der Waals surface area contributed by atoms with Gasteiger partial charge in [0.25, 0.3) is 0 Å². The molecule has 0 radical (unpaired) electrons. The molecule has 0 aliphatic carbocycles. The van der Waals surface area contributed by atoms with Crippen molar-refractivity contribution in [1.82, 2.24) is 15.1 Å². The maximum absolute atomic E-state index is 4.71. The zero-order chi connectivity index (χ0) is 12.8. The van der Waals surface area contributed by atoms with Gasteiger partial charge in [-0.3, -0.25) is 4.68 Å². The highest BCUT2D eigenvalue weighted by Crippen LogP contribution is 2.21. The van der Waals surface area contributed by atoms with Crippen molar-refractivity contribution >= 4 is 0 Å². The second kappa shape index (κ2) is 6.80. The molecule has 0 spiro atoms. The van der Waals surface area contributed by atoms with Crippen LogP contribution >= 0.6 is 0 Å². The largest absolute Gasteiger partial charge is 0.313 e. The Kier molecular flexibility index (Phi) is 5.69. The van der Waals surface area contributed by atoms with Crippen LogP contribution in [0.2, 0.25) is 0 Å². The second-order valence-corrected chi connectivity index (χ2v) is 4.74. The van der Waals surface area contributed by atoms with Gasteiger partial charge in [-0.2, -0.15) is 5.10 Å². The number of nitrogens with zero attached hydrogens (tertiary/aromatic N) is 2. The molecule has 0 bridgehead atoms. The Hall–Kier alpha value is -0.830. The fraction of sp³-hybridized carbons (Fsp3) is 0.786. The maximum atomic E-state index is 4.71. The Labute approximate surface area is 106 Å². The number of aromatic nitrogens is 2. The normalized spacial score (nSPS) is 11.4. The fourth-order valence-corrected chi connectivity index (χ4v) is 2.33. The van der Waals surface area contributed by atoms with Gasteiger partial charge in [0.1, 0.15) is 0 Å². The number of rotatable bonds is 7. The highest BCUT2D eigenvalue weighted by atomic mass is 15.3. The van der Waals surface area contributed by atoms with Crippen LogP contribution in [0.1, 0.15) is 63.0 Å². The molecule has 0 unspecified atom stereocenters. The van der Waals surface area contributed by atoms with Crippen molar-refractivity contribution < 1.29 is 0 Å². The van der Waals surface area contributed by atoms with Crippen LogP contribution in [0.15, 0.2) is 0 Å². The van der Waals surface area contributed by atoms with Gasteiger partial charge in [-0.15, -0.1) is 0 Å². The van der Waals surface area contributed by atoms with Gasteiger partial charge in [-0.05, 0) is 39.7 Å². The minimum atomic E-state index is 0.550. The molecule has 0 saturated heterocycles. The van der Waals surface area contributed by atoms with E-state index in [1.54, 1.807) is 0 Å². The summed E-state index contributed by atoms with van der Waals surface area (Å²) >= 11 is 0. The van der Waals surface area contributed by atoms with Gasteiger partial charge in [0.15, 0.2) is 0 Å². The molecule has 1 rings (SSSR count). The van der Waals surface area contributed by atoms with Gasteiger partial charge in [0.2, 0.25) is 0 Å². The third-order valence-corrected chi connectivity index (χ3v) is 3.49. The predicted molar refractivity (Wildman–Crippen MR) is 73.3 cm³/mol. The van der Waals surface area contributed by atoms with E-state index in [0.717, 1.165) is 25.9 Å². The average Bonchev–Trinajstić information content (AvgIpc) is 2.59. The summed E-state index contributed by atoms with van der Waals surface area (Å²) in [4.78, 5) is 0. The molecule has 1 aromatic rings. The van der Waals surface area contributed by atoms with E-state index in [-0.39, 0.29) is 0 Å². The molecule has 3 nitrogen and oxygen atoms in total. The molecule has 0 aliphatic heterocycles. The van der Waals surface area contributed by atoms with E-state index in [4.69, 9.17) is 5.10 Å². The summed E-state index contributed by atoms with van der Waals surface area (Å²) in [5.41, 5.74) is 3.89. The van der Waals surface area contributed by atoms with Crippen LogP contribution in [0.25, 0.3) is 0 Å². The van der Waals surface area contributed by atoms with Gasteiger partial charge in [-0.1, -0.05) is 20.8 Å². The lowest BCUT2D eigenvalue weighted by molar-refractivity contribution is 0.418. The SMILES string of the molecule is CCCNCc1c(C)nn(C(CC)CC)c1C. The summed E-state index contributed by atoms with van der Waals surface area (Å²) in [5, 5.41) is 8.18. The quantitative estimate of drug-likeness (QED) is 0.737. The Bertz CT molecular complexity index is 337. The summed E-state index contributed by atoms with van der Waals surface area (Å²) in [5.74, 6) is 0. The van der Waals surface area contributed by atoms with Crippen LogP contribution in [-0.4, -0.2) is 16.3 Å². The summed E-state index contributed by atoms with van der Waals surface area (Å²) < 4.78 is 2.22. The molecule has 1 aromatic heterocycles. The van der Waals surface area contributed by atoms with Gasteiger partial charge in [0, 0.05) is 17.8 Å². The van der Waals surface area contributed by atoms with Crippen LogP contribution in [0.5, 0.6) is 0 Å². The molecular weight excluding hydrogens is 210 g/mol. The highest BCUT2D eigenvalue weighted by Gasteiger charge is 2.15. The van der Waals surface area contributed by atoms with E-state index < -0.39 is 0 Å². The molecule has 0 amide bonds. The Morgan fingerprint density at radius 2 is 1.82 bits per heavy atom. The summed E-state index contributed by atoms with van der Waals surface area (Å²) in [6, 6.07) is 0.550. The number of aryl methyl sites for hydroxylation is 1. The molecule has 1 heterocycles. The topological polar surface area (TPSA) is 29.9 Å². The first-order valence-corrected chi connectivity index (χ1v) is 6.90. The first kappa shape index (κ1) is 14.2. The molecule has 3 heteroatoms. The Morgan fingerprint density at radius 1 is 1.18 bits per heavy atom. The lowest BCUT2D eigenvalue weighted by atomic mass is 10.1. The van der Waals surface area contributed by atoms with Crippen LogP contribution < -0.4 is 5.32 Å². The van der Waals surface area contributed by atoms with E-state index in [2.05, 4.69) is 44.6 Å². The summed E-state index contributed by atoms with van der Waals surface area (Å²) in [6.45, 7) is 13.0. The zero-order valence-electron chi connectivity index (χ0n) is 12.0. The average molecular weight is 237 g/mol. The fourth-order valence-electron chi connectivity index (χ4n) is 2.33. The first-order chi connectivity index (χ1) is 8.15. The molecule has 0 saturated carbocycles. The number of hydrogen-bond donors (Lipinski definition) is 1. The monoisotopic (exact) mass is 237 g/mol. The van der Waals surface area contributed by atoms with Gasteiger partial charge in [-0.25, -0.2) is 0 Å². The standard InChI is InChI=1S/C14H27N3/c1-6-9-15-10-14-11(4)16-17(12(14)5)13(7-2)8-3/h13,15H,6-10H2,1-5H3. The van der Waals surface area contributed by atoms with Gasteiger partial charge >= 0.3 is 0 Å². The first-order valence-electron chi connectivity index (χ1n) is 6.90. The minimum Gasteiger partial charge on any atom is -0.313 e. The second-order valence-electron chi connectivity index (χ2n) is 4.74. The lowest BCUT2D eigenvalue weighted by Gasteiger charge is -2.15. The summed E-state index contributed by atoms with van der Waals surface area (Å²) in [6.07, 6.45) is 3.49. The van der Waals surface area contributed by atoms with E-state index in [9.17, 15) is 0 Å². The third kappa shape index (κ3) is 3.32. The van der Waals surface area contributed by atoms with Crippen molar-refractivity contribution in [3.63, 3.8) is 0 Å². The van der Waals surface area contributed by atoms with Crippen LogP contribution in [0.4, 0.5) is 0 Å². The molecule has 1 N–H and O–H groups in total. The smallest absolute Gasteiger partial charge is 0.0641 e. The number of nitrogens with one attached hydrogen (secondary N) is 1. The molecular formula is C14H27N3. The van der Waals surface area contributed by atoms with Crippen molar-refractivity contribution in [3.8, 4) is 0 Å². The summed E-state index contributed by atoms with van der Waals surface area (Å²) in [7, 11) is 0. The van der Waals surface area contributed by atoms with Crippen LogP contribution in [0, 0.1) is 13.8 Å². The maximum Gasteiger partial charge on any atom is 0.0641 e. The van der Waals surface area contributed by atoms with Crippen molar-refractivity contribution in [2.24, 2.45) is 0 Å². The van der Waals surface area contributed by atoms with Crippen molar-refractivity contribution in [3.05, 3.63) is 17.0 Å². The Balaban J connectivity index is 2.85. The van der Waals surface area contributed by atoms with Gasteiger partial charge < -0.3 is 5.32 Å². The molecule has 17 heavy (non-hydrogen) atoms.